The number of carbonyl (C=O) groups is 1. The Morgan fingerprint density at radius 2 is 1.83 bits per heavy atom. The summed E-state index contributed by atoms with van der Waals surface area (Å²) in [5.74, 6) is 0.485. The van der Waals surface area contributed by atoms with Gasteiger partial charge in [-0.2, -0.15) is 0 Å². The normalized spacial score (nSPS) is 12.8. The molecule has 2 aromatic rings. The van der Waals surface area contributed by atoms with Gasteiger partial charge < -0.3 is 14.8 Å². The molecule has 126 valence electrons. The Morgan fingerprint density at radius 1 is 1.12 bits per heavy atom. The average Bonchev–Trinajstić information content (AvgIpc) is 2.56. The number of halogens is 3. The van der Waals surface area contributed by atoms with Gasteiger partial charge in [-0.25, -0.2) is 4.39 Å². The summed E-state index contributed by atoms with van der Waals surface area (Å²) in [4.78, 5) is 12.8. The highest BCUT2D eigenvalue weighted by molar-refractivity contribution is 8.00. The van der Waals surface area contributed by atoms with Crippen LogP contribution in [0, 0.1) is 5.82 Å². The van der Waals surface area contributed by atoms with Gasteiger partial charge in [0, 0.05) is 17.0 Å². The molecule has 0 aliphatic carbocycles. The number of nitrogens with one attached hydrogen (secondary N) is 1. The lowest BCUT2D eigenvalue weighted by molar-refractivity contribution is -0.113. The Hall–Kier alpha value is -1.63. The lowest BCUT2D eigenvalue weighted by atomic mass is 10.2. The van der Waals surface area contributed by atoms with E-state index < -0.39 is 5.82 Å². The summed E-state index contributed by atoms with van der Waals surface area (Å²) in [5, 5.41) is 3.11. The Labute approximate surface area is 152 Å². The fourth-order valence-corrected chi connectivity index (χ4v) is 3.24. The van der Waals surface area contributed by atoms with E-state index in [0.29, 0.717) is 40.3 Å². The molecule has 3 rings (SSSR count). The van der Waals surface area contributed by atoms with Crippen molar-refractivity contribution in [3.8, 4) is 11.5 Å². The second-order valence-electron chi connectivity index (χ2n) is 4.89. The van der Waals surface area contributed by atoms with Crippen molar-refractivity contribution in [2.45, 2.75) is 4.90 Å². The van der Waals surface area contributed by atoms with Gasteiger partial charge in [-0.3, -0.25) is 4.79 Å². The van der Waals surface area contributed by atoms with E-state index in [9.17, 15) is 9.18 Å². The van der Waals surface area contributed by atoms with Crippen molar-refractivity contribution < 1.29 is 18.7 Å². The number of hydrogen-bond donors (Lipinski definition) is 1. The van der Waals surface area contributed by atoms with Gasteiger partial charge in [-0.05, 0) is 18.2 Å². The molecule has 1 amide bonds. The molecule has 0 fully saturated rings. The fraction of sp³-hybridized carbons (Fsp3) is 0.188. The van der Waals surface area contributed by atoms with Crippen LogP contribution in [-0.2, 0) is 4.79 Å². The van der Waals surface area contributed by atoms with Crippen LogP contribution in [0.15, 0.2) is 35.2 Å². The number of anilines is 1. The number of carbonyl (C=O) groups excluding carboxylic acids is 1. The van der Waals surface area contributed by atoms with Gasteiger partial charge in [-0.15, -0.1) is 11.8 Å². The number of fused-ring (bicyclic) bond motifs is 1. The van der Waals surface area contributed by atoms with Crippen molar-refractivity contribution in [3.63, 3.8) is 0 Å². The van der Waals surface area contributed by atoms with Crippen LogP contribution < -0.4 is 14.8 Å². The molecule has 1 heterocycles. The van der Waals surface area contributed by atoms with Crippen LogP contribution >= 0.6 is 35.0 Å². The Bertz CT molecular complexity index is 788. The lowest BCUT2D eigenvalue weighted by Crippen LogP contribution is -2.17. The SMILES string of the molecule is O=C(CSc1ccc(F)c(Cl)c1)Nc1cc2c(cc1Cl)OCCO2. The van der Waals surface area contributed by atoms with E-state index in [-0.39, 0.29) is 16.7 Å². The number of ether oxygens (including phenoxy) is 2. The summed E-state index contributed by atoms with van der Waals surface area (Å²) < 4.78 is 24.0. The minimum atomic E-state index is -0.492. The molecule has 0 saturated carbocycles. The molecule has 0 atom stereocenters. The maximum absolute atomic E-state index is 13.1. The number of hydrogen-bond acceptors (Lipinski definition) is 4. The first kappa shape index (κ1) is 17.2. The van der Waals surface area contributed by atoms with E-state index in [4.69, 9.17) is 32.7 Å². The predicted molar refractivity (Wildman–Crippen MR) is 93.2 cm³/mol. The molecule has 0 unspecified atom stereocenters. The lowest BCUT2D eigenvalue weighted by Gasteiger charge is -2.20. The van der Waals surface area contributed by atoms with Gasteiger partial charge in [-0.1, -0.05) is 23.2 Å². The highest BCUT2D eigenvalue weighted by Gasteiger charge is 2.16. The monoisotopic (exact) mass is 387 g/mol. The molecule has 8 heteroatoms. The van der Waals surface area contributed by atoms with Crippen molar-refractivity contribution in [2.24, 2.45) is 0 Å². The molecule has 0 saturated heterocycles. The smallest absolute Gasteiger partial charge is 0.234 e. The first-order valence-electron chi connectivity index (χ1n) is 7.00. The van der Waals surface area contributed by atoms with Crippen LogP contribution in [0.1, 0.15) is 0 Å². The van der Waals surface area contributed by atoms with E-state index in [1.165, 1.54) is 23.9 Å². The van der Waals surface area contributed by atoms with E-state index in [2.05, 4.69) is 5.32 Å². The van der Waals surface area contributed by atoms with Gasteiger partial charge in [0.2, 0.25) is 5.91 Å². The molecule has 0 radical (unpaired) electrons. The molecule has 0 bridgehead atoms. The second kappa shape index (κ2) is 7.51. The minimum Gasteiger partial charge on any atom is -0.486 e. The number of rotatable bonds is 4. The van der Waals surface area contributed by atoms with Crippen LogP contribution in [0.25, 0.3) is 0 Å². The third kappa shape index (κ3) is 4.06. The summed E-state index contributed by atoms with van der Waals surface area (Å²) in [6, 6.07) is 7.55. The maximum Gasteiger partial charge on any atom is 0.234 e. The summed E-state index contributed by atoms with van der Waals surface area (Å²) in [6.07, 6.45) is 0. The van der Waals surface area contributed by atoms with Crippen LogP contribution in [-0.4, -0.2) is 24.9 Å². The first-order valence-corrected chi connectivity index (χ1v) is 8.74. The fourth-order valence-electron chi connectivity index (χ4n) is 2.06. The molecular weight excluding hydrogens is 376 g/mol. The minimum absolute atomic E-state index is 0.0234. The molecule has 1 aliphatic rings. The Kier molecular flexibility index (Phi) is 5.38. The third-order valence-electron chi connectivity index (χ3n) is 3.17. The summed E-state index contributed by atoms with van der Waals surface area (Å²) in [7, 11) is 0. The molecule has 4 nitrogen and oxygen atoms in total. The van der Waals surface area contributed by atoms with E-state index in [1.54, 1.807) is 18.2 Å². The van der Waals surface area contributed by atoms with Crippen molar-refractivity contribution in [1.82, 2.24) is 0 Å². The topological polar surface area (TPSA) is 47.6 Å². The highest BCUT2D eigenvalue weighted by Crippen LogP contribution is 2.38. The van der Waals surface area contributed by atoms with Gasteiger partial charge in [0.1, 0.15) is 19.0 Å². The molecule has 1 aliphatic heterocycles. The molecule has 2 aromatic carbocycles. The summed E-state index contributed by atoms with van der Waals surface area (Å²) in [6.45, 7) is 0.912. The predicted octanol–water partition coefficient (Wildman–Crippen LogP) is 4.63. The largest absolute Gasteiger partial charge is 0.486 e. The number of benzene rings is 2. The Balaban J connectivity index is 1.63. The van der Waals surface area contributed by atoms with E-state index >= 15 is 0 Å². The zero-order valence-corrected chi connectivity index (χ0v) is 14.6. The van der Waals surface area contributed by atoms with E-state index in [1.807, 2.05) is 0 Å². The van der Waals surface area contributed by atoms with E-state index in [0.717, 1.165) is 0 Å². The standard InChI is InChI=1S/C16H12Cl2FNO3S/c17-10-5-9(1-2-12(10)19)24-8-16(21)20-13-7-15-14(6-11(13)18)22-3-4-23-15/h1-2,5-7H,3-4,8H2,(H,20,21). The number of amides is 1. The molecular formula is C16H12Cl2FNO3S. The van der Waals surface area contributed by atoms with Gasteiger partial charge in [0.25, 0.3) is 0 Å². The zero-order chi connectivity index (χ0) is 17.1. The van der Waals surface area contributed by atoms with Gasteiger partial charge in [0.05, 0.1) is 21.5 Å². The second-order valence-corrected chi connectivity index (χ2v) is 6.75. The van der Waals surface area contributed by atoms with Gasteiger partial charge >= 0.3 is 0 Å². The van der Waals surface area contributed by atoms with Crippen LogP contribution in [0.3, 0.4) is 0 Å². The van der Waals surface area contributed by atoms with Crippen LogP contribution in [0.2, 0.25) is 10.0 Å². The van der Waals surface area contributed by atoms with Gasteiger partial charge in [0.15, 0.2) is 11.5 Å². The van der Waals surface area contributed by atoms with Crippen molar-refractivity contribution in [1.29, 1.82) is 0 Å². The Morgan fingerprint density at radius 3 is 2.54 bits per heavy atom. The molecule has 0 aromatic heterocycles. The average molecular weight is 388 g/mol. The van der Waals surface area contributed by atoms with Crippen molar-refractivity contribution in [3.05, 3.63) is 46.2 Å². The van der Waals surface area contributed by atoms with Crippen LogP contribution in [0.5, 0.6) is 11.5 Å². The number of thioether (sulfide) groups is 1. The molecule has 1 N–H and O–H groups in total. The summed E-state index contributed by atoms with van der Waals surface area (Å²) in [5.41, 5.74) is 0.448. The third-order valence-corrected chi connectivity index (χ3v) is 4.76. The van der Waals surface area contributed by atoms with Crippen molar-refractivity contribution >= 4 is 46.6 Å². The highest BCUT2D eigenvalue weighted by atomic mass is 35.5. The molecule has 0 spiro atoms. The summed E-state index contributed by atoms with van der Waals surface area (Å²) >= 11 is 13.1. The van der Waals surface area contributed by atoms with Crippen molar-refractivity contribution in [2.75, 3.05) is 24.3 Å². The van der Waals surface area contributed by atoms with Crippen LogP contribution in [0.4, 0.5) is 10.1 Å². The first-order chi connectivity index (χ1) is 11.5. The molecule has 24 heavy (non-hydrogen) atoms. The quantitative estimate of drug-likeness (QED) is 0.776. The zero-order valence-electron chi connectivity index (χ0n) is 12.3. The maximum atomic E-state index is 13.1.